The fourth-order valence-electron chi connectivity index (χ4n) is 4.52. The second-order valence-corrected chi connectivity index (χ2v) is 9.42. The largest absolute Gasteiger partial charge is 0.450 e. The molecule has 41 heavy (non-hydrogen) atoms. The van der Waals surface area contributed by atoms with E-state index in [-0.39, 0.29) is 11.3 Å². The van der Waals surface area contributed by atoms with Crippen molar-refractivity contribution in [3.05, 3.63) is 121 Å². The van der Waals surface area contributed by atoms with E-state index in [4.69, 9.17) is 4.74 Å². The lowest BCUT2D eigenvalue weighted by molar-refractivity contribution is -0.394. The molecule has 0 saturated carbocycles. The second kappa shape index (κ2) is 11.5. The molecule has 4 rings (SSSR count). The molecular weight excluding hydrogens is 526 g/mol. The monoisotopic (exact) mass is 551 g/mol. The number of benzene rings is 3. The summed E-state index contributed by atoms with van der Waals surface area (Å²) in [4.78, 5) is 33.8. The third-order valence-corrected chi connectivity index (χ3v) is 6.29. The summed E-state index contributed by atoms with van der Waals surface area (Å²) >= 11 is 0. The Morgan fingerprint density at radius 3 is 2.17 bits per heavy atom. The first-order valence-electron chi connectivity index (χ1n) is 12.4. The molecule has 1 heterocycles. The van der Waals surface area contributed by atoms with Crippen LogP contribution in [0.4, 0.5) is 17.1 Å². The number of rotatable bonds is 8. The fourth-order valence-corrected chi connectivity index (χ4v) is 4.52. The van der Waals surface area contributed by atoms with Gasteiger partial charge in [-0.1, -0.05) is 6.07 Å². The molecule has 0 spiro atoms. The minimum Gasteiger partial charge on any atom is -0.450 e. The van der Waals surface area contributed by atoms with E-state index in [2.05, 4.69) is 5.32 Å². The molecule has 0 aliphatic carbocycles. The molecule has 3 aromatic carbocycles. The molecule has 0 unspecified atom stereocenters. The Hall–Kier alpha value is -5.76. The van der Waals surface area contributed by atoms with Gasteiger partial charge in [-0.05, 0) is 99.0 Å². The smallest absolute Gasteiger partial charge is 0.318 e. The van der Waals surface area contributed by atoms with Crippen molar-refractivity contribution in [2.45, 2.75) is 27.7 Å². The van der Waals surface area contributed by atoms with E-state index in [1.54, 1.807) is 30.3 Å². The van der Waals surface area contributed by atoms with Crippen LogP contribution in [0, 0.1) is 59.3 Å². The number of hydrogen-bond donors (Lipinski definition) is 1. The van der Waals surface area contributed by atoms with E-state index >= 15 is 0 Å². The number of hydrogen-bond acceptors (Lipinski definition) is 7. The number of amides is 1. The van der Waals surface area contributed by atoms with Gasteiger partial charge in [-0.25, -0.2) is 0 Å². The summed E-state index contributed by atoms with van der Waals surface area (Å²) < 4.78 is 7.59. The summed E-state index contributed by atoms with van der Waals surface area (Å²) in [6, 6.07) is 19.4. The van der Waals surface area contributed by atoms with E-state index in [0.717, 1.165) is 40.3 Å². The lowest BCUT2D eigenvalue weighted by Crippen LogP contribution is -2.13. The molecule has 0 aliphatic heterocycles. The molecule has 206 valence electrons. The number of carbonyl (C=O) groups is 1. The van der Waals surface area contributed by atoms with Crippen molar-refractivity contribution < 1.29 is 19.4 Å². The Kier molecular flexibility index (Phi) is 7.96. The second-order valence-electron chi connectivity index (χ2n) is 9.42. The van der Waals surface area contributed by atoms with Crippen LogP contribution in [0.15, 0.2) is 72.3 Å². The zero-order valence-corrected chi connectivity index (χ0v) is 22.7. The Balaban J connectivity index is 1.58. The van der Waals surface area contributed by atoms with E-state index in [1.165, 1.54) is 6.07 Å². The Bertz CT molecular complexity index is 1740. The molecule has 0 fully saturated rings. The first-order valence-corrected chi connectivity index (χ1v) is 12.4. The summed E-state index contributed by atoms with van der Waals surface area (Å²) in [5.41, 5.74) is 4.70. The van der Waals surface area contributed by atoms with Gasteiger partial charge < -0.3 is 14.6 Å². The Morgan fingerprint density at radius 1 is 0.927 bits per heavy atom. The van der Waals surface area contributed by atoms with Crippen LogP contribution in [-0.4, -0.2) is 20.3 Å². The zero-order chi connectivity index (χ0) is 29.8. The molecule has 11 nitrogen and oxygen atoms in total. The van der Waals surface area contributed by atoms with E-state index in [1.807, 2.05) is 62.6 Å². The van der Waals surface area contributed by atoms with Crippen molar-refractivity contribution in [3.63, 3.8) is 0 Å². The molecular formula is C30H25N5O6. The van der Waals surface area contributed by atoms with Gasteiger partial charge in [0.15, 0.2) is 0 Å². The maximum Gasteiger partial charge on any atom is 0.318 e. The zero-order valence-electron chi connectivity index (χ0n) is 22.7. The molecule has 0 radical (unpaired) electrons. The summed E-state index contributed by atoms with van der Waals surface area (Å²) in [7, 11) is 0. The highest BCUT2D eigenvalue weighted by Gasteiger charge is 2.21. The van der Waals surface area contributed by atoms with E-state index < -0.39 is 27.1 Å². The predicted molar refractivity (Wildman–Crippen MR) is 153 cm³/mol. The predicted octanol–water partition coefficient (Wildman–Crippen LogP) is 6.87. The minimum atomic E-state index is -0.740. The van der Waals surface area contributed by atoms with Crippen LogP contribution >= 0.6 is 0 Å². The van der Waals surface area contributed by atoms with Gasteiger partial charge in [0.25, 0.3) is 11.6 Å². The third kappa shape index (κ3) is 6.29. The van der Waals surface area contributed by atoms with Gasteiger partial charge in [0.05, 0.1) is 15.9 Å². The molecule has 11 heteroatoms. The number of aromatic nitrogens is 1. The third-order valence-electron chi connectivity index (χ3n) is 6.29. The molecule has 1 amide bonds. The number of ether oxygens (including phenoxy) is 1. The van der Waals surface area contributed by atoms with Gasteiger partial charge in [-0.2, -0.15) is 5.26 Å². The number of nitro groups is 2. The average Bonchev–Trinajstić information content (AvgIpc) is 3.19. The summed E-state index contributed by atoms with van der Waals surface area (Å²) in [6.07, 6.45) is 1.54. The van der Waals surface area contributed by atoms with Crippen LogP contribution in [0.1, 0.15) is 28.1 Å². The van der Waals surface area contributed by atoms with Crippen molar-refractivity contribution in [1.82, 2.24) is 4.57 Å². The molecule has 1 aromatic heterocycles. The van der Waals surface area contributed by atoms with Crippen LogP contribution in [-0.2, 0) is 4.79 Å². The minimum absolute atomic E-state index is 0.0437. The van der Waals surface area contributed by atoms with Gasteiger partial charge in [-0.15, -0.1) is 0 Å². The Morgan fingerprint density at radius 2 is 1.59 bits per heavy atom. The average molecular weight is 552 g/mol. The normalized spacial score (nSPS) is 11.0. The van der Waals surface area contributed by atoms with Gasteiger partial charge in [0.2, 0.25) is 5.75 Å². The highest BCUT2D eigenvalue weighted by Crippen LogP contribution is 2.35. The van der Waals surface area contributed by atoms with Crippen LogP contribution in [0.3, 0.4) is 0 Å². The van der Waals surface area contributed by atoms with Gasteiger partial charge >= 0.3 is 5.69 Å². The van der Waals surface area contributed by atoms with Crippen molar-refractivity contribution >= 4 is 29.0 Å². The number of nitrogens with one attached hydrogen (secondary N) is 1. The highest BCUT2D eigenvalue weighted by atomic mass is 16.6. The summed E-state index contributed by atoms with van der Waals surface area (Å²) in [6.45, 7) is 7.60. The van der Waals surface area contributed by atoms with Gasteiger partial charge in [-0.3, -0.25) is 25.0 Å². The lowest BCUT2D eigenvalue weighted by Gasteiger charge is -2.11. The SMILES string of the molecule is Cc1cc(C)cc(NC(=O)/C(C#N)=C\c2cc(C)n(-c3ccc(Oc4ccc([N+](=O)[O-])cc4[N+](=O)[O-])cc3)c2C)c1. The number of non-ortho nitro benzene ring substituents is 1. The Labute approximate surface area is 235 Å². The molecule has 0 aliphatic rings. The first-order chi connectivity index (χ1) is 19.5. The quantitative estimate of drug-likeness (QED) is 0.108. The number of anilines is 1. The molecule has 0 atom stereocenters. The van der Waals surface area contributed by atoms with Crippen molar-refractivity contribution in [2.24, 2.45) is 0 Å². The van der Waals surface area contributed by atoms with E-state index in [9.17, 15) is 30.3 Å². The van der Waals surface area contributed by atoms with Crippen LogP contribution < -0.4 is 10.1 Å². The molecule has 1 N–H and O–H groups in total. The van der Waals surface area contributed by atoms with Gasteiger partial charge in [0.1, 0.15) is 17.4 Å². The maximum absolute atomic E-state index is 12.9. The van der Waals surface area contributed by atoms with Gasteiger partial charge in [0, 0.05) is 28.8 Å². The lowest BCUT2D eigenvalue weighted by atomic mass is 10.1. The molecule has 0 bridgehead atoms. The van der Waals surface area contributed by atoms with Crippen molar-refractivity contribution in [1.29, 1.82) is 5.26 Å². The topological polar surface area (TPSA) is 153 Å². The summed E-state index contributed by atoms with van der Waals surface area (Å²) in [5.74, 6) is -0.343. The molecule has 4 aromatic rings. The number of aryl methyl sites for hydroxylation is 3. The number of nitriles is 1. The number of nitro benzene ring substituents is 2. The van der Waals surface area contributed by atoms with Crippen LogP contribution in [0.5, 0.6) is 11.5 Å². The fraction of sp³-hybridized carbons (Fsp3) is 0.133. The first kappa shape index (κ1) is 28.3. The van der Waals surface area contributed by atoms with Crippen LogP contribution in [0.25, 0.3) is 11.8 Å². The van der Waals surface area contributed by atoms with Crippen molar-refractivity contribution in [2.75, 3.05) is 5.32 Å². The highest BCUT2D eigenvalue weighted by molar-refractivity contribution is 6.09. The maximum atomic E-state index is 12.9. The number of nitrogens with zero attached hydrogens (tertiary/aromatic N) is 4. The summed E-state index contributed by atoms with van der Waals surface area (Å²) in [5, 5.41) is 34.9. The standard InChI is InChI=1S/C30H25N5O6/c1-18-11-19(2)13-24(12-18)32-30(36)23(17-31)15-22-14-20(3)33(21(22)4)25-5-8-27(9-6-25)41-29-10-7-26(34(37)38)16-28(29)35(39)40/h5-16H,1-4H3,(H,32,36)/b23-15-. The van der Waals surface area contributed by atoms with E-state index in [0.29, 0.717) is 17.0 Å². The van der Waals surface area contributed by atoms with Crippen LogP contribution in [0.2, 0.25) is 0 Å². The number of carbonyl (C=O) groups excluding carboxylic acids is 1. The molecule has 0 saturated heterocycles. The van der Waals surface area contributed by atoms with Crippen molar-refractivity contribution in [3.8, 4) is 23.3 Å².